The molecular weight excluding hydrogens is 352 g/mol. The second-order valence-corrected chi connectivity index (χ2v) is 7.90. The van der Waals surface area contributed by atoms with E-state index in [1.165, 1.54) is 0 Å². The van der Waals surface area contributed by atoms with Gasteiger partial charge in [-0.3, -0.25) is 4.99 Å². The van der Waals surface area contributed by atoms with Crippen LogP contribution < -0.4 is 20.1 Å². The molecule has 6 nitrogen and oxygen atoms in total. The van der Waals surface area contributed by atoms with Crippen molar-refractivity contribution in [3.8, 4) is 11.6 Å². The first-order chi connectivity index (χ1) is 13.4. The van der Waals surface area contributed by atoms with Crippen molar-refractivity contribution in [2.75, 3.05) is 7.05 Å². The van der Waals surface area contributed by atoms with Crippen LogP contribution in [0.15, 0.2) is 47.6 Å². The maximum Gasteiger partial charge on any atom is 0.213 e. The van der Waals surface area contributed by atoms with Crippen LogP contribution in [0.3, 0.4) is 0 Å². The Morgan fingerprint density at radius 2 is 2.07 bits per heavy atom. The highest BCUT2D eigenvalue weighted by Gasteiger charge is 2.33. The van der Waals surface area contributed by atoms with Crippen LogP contribution in [-0.2, 0) is 6.54 Å². The lowest BCUT2D eigenvalue weighted by atomic mass is 9.90. The molecule has 1 aromatic carbocycles. The largest absolute Gasteiger partial charge is 0.487 e. The van der Waals surface area contributed by atoms with Crippen LogP contribution in [0.1, 0.15) is 51.3 Å². The van der Waals surface area contributed by atoms with E-state index < -0.39 is 0 Å². The summed E-state index contributed by atoms with van der Waals surface area (Å²) >= 11 is 0. The van der Waals surface area contributed by atoms with Gasteiger partial charge in [-0.2, -0.15) is 0 Å². The first-order valence-electron chi connectivity index (χ1n) is 9.73. The molecule has 6 heteroatoms. The van der Waals surface area contributed by atoms with E-state index in [1.807, 2.05) is 50.4 Å². The Kier molecular flexibility index (Phi) is 6.07. The number of hydrogen-bond acceptors (Lipinski definition) is 4. The SMILES string of the molecule is CN=C(NCc1ccc(OC(C)C)nc1)NC1CC(C)(C)Oc2ccccc21. The van der Waals surface area contributed by atoms with Gasteiger partial charge in [0.1, 0.15) is 11.4 Å². The average Bonchev–Trinajstić information content (AvgIpc) is 2.64. The van der Waals surface area contributed by atoms with Gasteiger partial charge < -0.3 is 20.1 Å². The molecule has 150 valence electrons. The summed E-state index contributed by atoms with van der Waals surface area (Å²) in [6, 6.07) is 12.2. The van der Waals surface area contributed by atoms with Gasteiger partial charge in [-0.15, -0.1) is 0 Å². The predicted molar refractivity (Wildman–Crippen MR) is 112 cm³/mol. The minimum absolute atomic E-state index is 0.117. The molecular formula is C22H30N4O2. The van der Waals surface area contributed by atoms with Crippen molar-refractivity contribution in [1.29, 1.82) is 0 Å². The van der Waals surface area contributed by atoms with E-state index in [4.69, 9.17) is 9.47 Å². The molecule has 2 N–H and O–H groups in total. The Balaban J connectivity index is 1.63. The zero-order valence-corrected chi connectivity index (χ0v) is 17.3. The lowest BCUT2D eigenvalue weighted by Crippen LogP contribution is -2.45. The highest BCUT2D eigenvalue weighted by Crippen LogP contribution is 2.39. The quantitative estimate of drug-likeness (QED) is 0.608. The molecule has 0 aliphatic carbocycles. The maximum atomic E-state index is 6.11. The van der Waals surface area contributed by atoms with Gasteiger partial charge in [-0.25, -0.2) is 4.98 Å². The van der Waals surface area contributed by atoms with Crippen LogP contribution in [0.5, 0.6) is 11.6 Å². The van der Waals surface area contributed by atoms with E-state index in [2.05, 4.69) is 40.5 Å². The summed E-state index contributed by atoms with van der Waals surface area (Å²) in [5.41, 5.74) is 1.98. The molecule has 1 unspecified atom stereocenters. The Hall–Kier alpha value is -2.76. The van der Waals surface area contributed by atoms with Crippen LogP contribution in [0.2, 0.25) is 0 Å². The molecule has 2 heterocycles. The summed E-state index contributed by atoms with van der Waals surface area (Å²) in [5.74, 6) is 2.32. The number of hydrogen-bond donors (Lipinski definition) is 2. The Morgan fingerprint density at radius 1 is 1.29 bits per heavy atom. The van der Waals surface area contributed by atoms with Crippen molar-refractivity contribution in [3.63, 3.8) is 0 Å². The zero-order valence-electron chi connectivity index (χ0n) is 17.3. The van der Waals surface area contributed by atoms with Crippen LogP contribution in [0.4, 0.5) is 0 Å². The molecule has 28 heavy (non-hydrogen) atoms. The minimum Gasteiger partial charge on any atom is -0.487 e. The van der Waals surface area contributed by atoms with Crippen molar-refractivity contribution >= 4 is 5.96 Å². The van der Waals surface area contributed by atoms with Crippen molar-refractivity contribution in [3.05, 3.63) is 53.7 Å². The summed E-state index contributed by atoms with van der Waals surface area (Å²) in [6.07, 6.45) is 2.80. The molecule has 0 saturated heterocycles. The average molecular weight is 383 g/mol. The fraction of sp³-hybridized carbons (Fsp3) is 0.455. The summed E-state index contributed by atoms with van der Waals surface area (Å²) in [5, 5.41) is 6.91. The van der Waals surface area contributed by atoms with Gasteiger partial charge in [0.2, 0.25) is 5.88 Å². The first kappa shape index (κ1) is 20.0. The van der Waals surface area contributed by atoms with Crippen LogP contribution >= 0.6 is 0 Å². The Labute approximate surface area is 167 Å². The number of benzene rings is 1. The number of aliphatic imine (C=N–C) groups is 1. The number of nitrogens with one attached hydrogen (secondary N) is 2. The molecule has 0 radical (unpaired) electrons. The van der Waals surface area contributed by atoms with E-state index in [-0.39, 0.29) is 17.7 Å². The van der Waals surface area contributed by atoms with Crippen molar-refractivity contribution < 1.29 is 9.47 Å². The third-order valence-corrected chi connectivity index (χ3v) is 4.52. The fourth-order valence-electron chi connectivity index (χ4n) is 3.30. The molecule has 0 spiro atoms. The Morgan fingerprint density at radius 3 is 2.75 bits per heavy atom. The van der Waals surface area contributed by atoms with E-state index in [0.717, 1.165) is 29.3 Å². The smallest absolute Gasteiger partial charge is 0.213 e. The molecule has 0 amide bonds. The molecule has 1 aliphatic rings. The highest BCUT2D eigenvalue weighted by molar-refractivity contribution is 5.80. The number of ether oxygens (including phenoxy) is 2. The van der Waals surface area contributed by atoms with Gasteiger partial charge in [0.25, 0.3) is 0 Å². The number of fused-ring (bicyclic) bond motifs is 1. The number of guanidine groups is 1. The molecule has 1 aromatic heterocycles. The standard InChI is InChI=1S/C22H30N4O2/c1-15(2)27-20-11-10-16(13-24-20)14-25-21(23-5)26-18-12-22(3,4)28-19-9-7-6-8-17(18)19/h6-11,13,15,18H,12,14H2,1-5H3,(H2,23,25,26). The number of rotatable bonds is 5. The minimum atomic E-state index is -0.235. The third-order valence-electron chi connectivity index (χ3n) is 4.52. The summed E-state index contributed by atoms with van der Waals surface area (Å²) in [7, 11) is 1.78. The van der Waals surface area contributed by atoms with Crippen LogP contribution in [0.25, 0.3) is 0 Å². The van der Waals surface area contributed by atoms with E-state index in [9.17, 15) is 0 Å². The third kappa shape index (κ3) is 5.15. The van der Waals surface area contributed by atoms with Gasteiger partial charge >= 0.3 is 0 Å². The molecule has 1 atom stereocenters. The molecule has 0 fully saturated rings. The van der Waals surface area contributed by atoms with Gasteiger partial charge in [0.05, 0.1) is 12.1 Å². The number of para-hydroxylation sites is 1. The van der Waals surface area contributed by atoms with Gasteiger partial charge in [0.15, 0.2) is 5.96 Å². The summed E-state index contributed by atoms with van der Waals surface area (Å²) in [4.78, 5) is 8.73. The van der Waals surface area contributed by atoms with Gasteiger partial charge in [-0.1, -0.05) is 24.3 Å². The van der Waals surface area contributed by atoms with E-state index in [1.54, 1.807) is 7.05 Å². The summed E-state index contributed by atoms with van der Waals surface area (Å²) in [6.45, 7) is 8.83. The Bertz CT molecular complexity index is 816. The highest BCUT2D eigenvalue weighted by atomic mass is 16.5. The lowest BCUT2D eigenvalue weighted by molar-refractivity contribution is 0.0694. The van der Waals surface area contributed by atoms with Gasteiger partial charge in [0, 0.05) is 37.8 Å². The second-order valence-electron chi connectivity index (χ2n) is 7.90. The first-order valence-corrected chi connectivity index (χ1v) is 9.73. The van der Waals surface area contributed by atoms with Crippen LogP contribution in [-0.4, -0.2) is 29.7 Å². The maximum absolute atomic E-state index is 6.11. The molecule has 0 bridgehead atoms. The predicted octanol–water partition coefficient (Wildman–Crippen LogP) is 3.84. The lowest BCUT2D eigenvalue weighted by Gasteiger charge is -2.38. The second kappa shape index (κ2) is 8.50. The number of pyridine rings is 1. The number of nitrogens with zero attached hydrogens (tertiary/aromatic N) is 2. The molecule has 0 saturated carbocycles. The normalized spacial score (nSPS) is 18.2. The molecule has 2 aromatic rings. The molecule has 1 aliphatic heterocycles. The number of aromatic nitrogens is 1. The van der Waals surface area contributed by atoms with Crippen molar-refractivity contribution in [2.45, 2.75) is 58.4 Å². The monoisotopic (exact) mass is 382 g/mol. The van der Waals surface area contributed by atoms with E-state index in [0.29, 0.717) is 12.4 Å². The zero-order chi connectivity index (χ0) is 20.1. The van der Waals surface area contributed by atoms with Crippen LogP contribution in [0, 0.1) is 0 Å². The van der Waals surface area contributed by atoms with Gasteiger partial charge in [-0.05, 0) is 39.3 Å². The van der Waals surface area contributed by atoms with Crippen molar-refractivity contribution in [1.82, 2.24) is 15.6 Å². The van der Waals surface area contributed by atoms with Crippen molar-refractivity contribution in [2.24, 2.45) is 4.99 Å². The molecule has 3 rings (SSSR count). The topological polar surface area (TPSA) is 67.8 Å². The fourth-order valence-corrected chi connectivity index (χ4v) is 3.30. The summed E-state index contributed by atoms with van der Waals surface area (Å²) < 4.78 is 11.7. The van der Waals surface area contributed by atoms with E-state index >= 15 is 0 Å².